The van der Waals surface area contributed by atoms with E-state index in [0.717, 1.165) is 25.7 Å². The van der Waals surface area contributed by atoms with Gasteiger partial charge in [-0.25, -0.2) is 10.4 Å². The number of carbonyl (C=O) groups is 1. The van der Waals surface area contributed by atoms with E-state index in [1.165, 1.54) is 11.8 Å². The number of benzene rings is 3. The Labute approximate surface area is 211 Å². The zero-order chi connectivity index (χ0) is 23.8. The van der Waals surface area contributed by atoms with Crippen molar-refractivity contribution in [3.8, 4) is 11.5 Å². The van der Waals surface area contributed by atoms with Crippen molar-refractivity contribution < 1.29 is 14.3 Å². The van der Waals surface area contributed by atoms with E-state index in [0.29, 0.717) is 29.7 Å². The zero-order valence-corrected chi connectivity index (χ0v) is 20.8. The number of nitrogens with zero attached hydrogens (tertiary/aromatic N) is 2. The van der Waals surface area contributed by atoms with Gasteiger partial charge in [-0.1, -0.05) is 47.6 Å². The minimum Gasteiger partial charge on any atom is -0.490 e. The molecule has 1 aromatic heterocycles. The van der Waals surface area contributed by atoms with Crippen LogP contribution in [0.2, 0.25) is 5.02 Å². The molecular formula is C25H22ClN3O3S2. The normalized spacial score (nSPS) is 11.1. The van der Waals surface area contributed by atoms with Gasteiger partial charge >= 0.3 is 0 Å². The molecule has 4 rings (SSSR count). The van der Waals surface area contributed by atoms with Gasteiger partial charge in [-0.15, -0.1) is 11.3 Å². The Kier molecular flexibility index (Phi) is 8.41. The first-order valence-electron chi connectivity index (χ1n) is 10.5. The number of ether oxygens (including phenoxy) is 2. The molecule has 6 nitrogen and oxygen atoms in total. The van der Waals surface area contributed by atoms with Gasteiger partial charge in [-0.2, -0.15) is 5.10 Å². The standard InChI is InChI=1S/C25H22ClN3O3S2/c1-2-31-22-13-18(9-12-21(22)32-15-17-7-10-19(26)11-8-17)14-27-29-24(30)16-33-25-28-20-5-3-4-6-23(20)34-25/h3-14H,2,15-16H2,1H3,(H,29,30)/b27-14+. The maximum Gasteiger partial charge on any atom is 0.250 e. The van der Waals surface area contributed by atoms with Crippen molar-refractivity contribution in [2.45, 2.75) is 17.9 Å². The molecule has 0 radical (unpaired) electrons. The van der Waals surface area contributed by atoms with Gasteiger partial charge in [-0.05, 0) is 60.5 Å². The number of hydrogen-bond acceptors (Lipinski definition) is 7. The molecule has 1 heterocycles. The molecular weight excluding hydrogens is 490 g/mol. The van der Waals surface area contributed by atoms with E-state index in [1.54, 1.807) is 17.6 Å². The Morgan fingerprint density at radius 3 is 2.74 bits per heavy atom. The van der Waals surface area contributed by atoms with Crippen molar-refractivity contribution >= 4 is 57.0 Å². The number of aromatic nitrogens is 1. The maximum absolute atomic E-state index is 12.2. The number of halogens is 1. The minimum atomic E-state index is -0.201. The molecule has 0 saturated heterocycles. The van der Waals surface area contributed by atoms with Gasteiger partial charge in [0.2, 0.25) is 0 Å². The van der Waals surface area contributed by atoms with E-state index in [-0.39, 0.29) is 11.7 Å². The number of thiazole rings is 1. The van der Waals surface area contributed by atoms with Crippen molar-refractivity contribution in [1.82, 2.24) is 10.4 Å². The number of hydrazone groups is 1. The van der Waals surface area contributed by atoms with E-state index >= 15 is 0 Å². The average Bonchev–Trinajstić information content (AvgIpc) is 3.27. The topological polar surface area (TPSA) is 72.8 Å². The lowest BCUT2D eigenvalue weighted by atomic mass is 10.2. The van der Waals surface area contributed by atoms with Gasteiger partial charge in [0, 0.05) is 5.02 Å². The van der Waals surface area contributed by atoms with E-state index in [1.807, 2.05) is 73.7 Å². The molecule has 0 aliphatic rings. The molecule has 0 unspecified atom stereocenters. The van der Waals surface area contributed by atoms with Crippen LogP contribution >= 0.6 is 34.7 Å². The van der Waals surface area contributed by atoms with Crippen LogP contribution < -0.4 is 14.9 Å². The van der Waals surface area contributed by atoms with E-state index in [2.05, 4.69) is 15.5 Å². The van der Waals surface area contributed by atoms with Gasteiger partial charge in [-0.3, -0.25) is 4.79 Å². The largest absolute Gasteiger partial charge is 0.490 e. The first kappa shape index (κ1) is 24.1. The molecule has 0 aliphatic heterocycles. The fourth-order valence-electron chi connectivity index (χ4n) is 2.99. The predicted molar refractivity (Wildman–Crippen MR) is 139 cm³/mol. The van der Waals surface area contributed by atoms with E-state index in [9.17, 15) is 4.79 Å². The fourth-order valence-corrected chi connectivity index (χ4v) is 4.97. The second-order valence-electron chi connectivity index (χ2n) is 7.08. The third kappa shape index (κ3) is 6.72. The number of fused-ring (bicyclic) bond motifs is 1. The Morgan fingerprint density at radius 2 is 1.94 bits per heavy atom. The quantitative estimate of drug-likeness (QED) is 0.156. The third-order valence-corrected chi connectivity index (χ3v) is 7.01. The molecule has 0 atom stereocenters. The second-order valence-corrected chi connectivity index (χ2v) is 9.77. The van der Waals surface area contributed by atoms with Crippen LogP contribution in [0.3, 0.4) is 0 Å². The molecule has 174 valence electrons. The summed E-state index contributed by atoms with van der Waals surface area (Å²) in [4.78, 5) is 16.7. The zero-order valence-electron chi connectivity index (χ0n) is 18.4. The van der Waals surface area contributed by atoms with Gasteiger partial charge in [0.05, 0.1) is 28.8 Å². The number of carbonyl (C=O) groups excluding carboxylic acids is 1. The summed E-state index contributed by atoms with van der Waals surface area (Å²) in [5, 5.41) is 4.75. The smallest absolute Gasteiger partial charge is 0.250 e. The summed E-state index contributed by atoms with van der Waals surface area (Å²) in [7, 11) is 0. The first-order valence-corrected chi connectivity index (χ1v) is 12.7. The highest BCUT2D eigenvalue weighted by Crippen LogP contribution is 2.30. The number of thioether (sulfide) groups is 1. The van der Waals surface area contributed by atoms with Crippen molar-refractivity contribution in [1.29, 1.82) is 0 Å². The van der Waals surface area contributed by atoms with E-state index in [4.69, 9.17) is 21.1 Å². The molecule has 3 aromatic carbocycles. The molecule has 0 saturated carbocycles. The lowest BCUT2D eigenvalue weighted by molar-refractivity contribution is -0.118. The lowest BCUT2D eigenvalue weighted by Crippen LogP contribution is -2.19. The summed E-state index contributed by atoms with van der Waals surface area (Å²) in [5.74, 6) is 1.27. The van der Waals surface area contributed by atoms with Gasteiger partial charge in [0.15, 0.2) is 15.8 Å². The third-order valence-electron chi connectivity index (χ3n) is 4.58. The summed E-state index contributed by atoms with van der Waals surface area (Å²) in [5.41, 5.74) is 5.28. The predicted octanol–water partition coefficient (Wildman–Crippen LogP) is 6.17. The van der Waals surface area contributed by atoms with Crippen molar-refractivity contribution in [2.75, 3.05) is 12.4 Å². The highest BCUT2D eigenvalue weighted by Gasteiger charge is 2.08. The van der Waals surface area contributed by atoms with Crippen LogP contribution in [0.5, 0.6) is 11.5 Å². The van der Waals surface area contributed by atoms with Crippen LogP contribution in [0.1, 0.15) is 18.1 Å². The molecule has 1 N–H and O–H groups in total. The second kappa shape index (κ2) is 11.9. The molecule has 0 aliphatic carbocycles. The van der Waals surface area contributed by atoms with Crippen LogP contribution in [0.15, 0.2) is 76.2 Å². The first-order chi connectivity index (χ1) is 16.6. The Bertz CT molecular complexity index is 1260. The summed E-state index contributed by atoms with van der Waals surface area (Å²) in [6, 6.07) is 20.9. The summed E-state index contributed by atoms with van der Waals surface area (Å²) >= 11 is 8.90. The van der Waals surface area contributed by atoms with Crippen LogP contribution in [-0.4, -0.2) is 29.5 Å². The number of amides is 1. The van der Waals surface area contributed by atoms with Crippen LogP contribution in [0.4, 0.5) is 0 Å². The molecule has 0 fully saturated rings. The summed E-state index contributed by atoms with van der Waals surface area (Å²) < 4.78 is 13.6. The molecule has 9 heteroatoms. The monoisotopic (exact) mass is 511 g/mol. The van der Waals surface area contributed by atoms with Crippen molar-refractivity contribution in [2.24, 2.45) is 5.10 Å². The summed E-state index contributed by atoms with van der Waals surface area (Å²) in [6.45, 7) is 2.80. The fraction of sp³-hybridized carbons (Fsp3) is 0.160. The van der Waals surface area contributed by atoms with E-state index < -0.39 is 0 Å². The van der Waals surface area contributed by atoms with Gasteiger partial charge in [0.1, 0.15) is 6.61 Å². The molecule has 0 bridgehead atoms. The Hall–Kier alpha value is -3.07. The number of nitrogens with one attached hydrogen (secondary N) is 1. The molecule has 4 aromatic rings. The van der Waals surface area contributed by atoms with Gasteiger partial charge < -0.3 is 9.47 Å². The Balaban J connectivity index is 1.31. The molecule has 1 amide bonds. The van der Waals surface area contributed by atoms with Crippen LogP contribution in [0.25, 0.3) is 10.2 Å². The minimum absolute atomic E-state index is 0.201. The molecule has 0 spiro atoms. The number of hydrogen-bond donors (Lipinski definition) is 1. The average molecular weight is 512 g/mol. The van der Waals surface area contributed by atoms with Crippen LogP contribution in [-0.2, 0) is 11.4 Å². The molecule has 34 heavy (non-hydrogen) atoms. The number of rotatable bonds is 10. The van der Waals surface area contributed by atoms with Crippen molar-refractivity contribution in [3.63, 3.8) is 0 Å². The van der Waals surface area contributed by atoms with Crippen molar-refractivity contribution in [3.05, 3.63) is 82.9 Å². The van der Waals surface area contributed by atoms with Gasteiger partial charge in [0.25, 0.3) is 5.91 Å². The Morgan fingerprint density at radius 1 is 1.12 bits per heavy atom. The lowest BCUT2D eigenvalue weighted by Gasteiger charge is -2.12. The maximum atomic E-state index is 12.2. The summed E-state index contributed by atoms with van der Waals surface area (Å²) in [6.07, 6.45) is 1.58. The highest BCUT2D eigenvalue weighted by atomic mass is 35.5. The highest BCUT2D eigenvalue weighted by molar-refractivity contribution is 8.01. The number of para-hydroxylation sites is 1. The van der Waals surface area contributed by atoms with Crippen LogP contribution in [0, 0.1) is 0 Å². The SMILES string of the molecule is CCOc1cc(/C=N/NC(=O)CSc2nc3ccccc3s2)ccc1OCc1ccc(Cl)cc1.